The van der Waals surface area contributed by atoms with Gasteiger partial charge in [0.25, 0.3) is 0 Å². The molecule has 1 heterocycles. The predicted octanol–water partition coefficient (Wildman–Crippen LogP) is 0.971. The Kier molecular flexibility index (Phi) is 5.56. The van der Waals surface area contributed by atoms with Gasteiger partial charge in [-0.2, -0.15) is 0 Å². The van der Waals surface area contributed by atoms with E-state index in [0.717, 1.165) is 32.2 Å². The summed E-state index contributed by atoms with van der Waals surface area (Å²) >= 11 is 5.84. The summed E-state index contributed by atoms with van der Waals surface area (Å²) in [7, 11) is -3.72. The molecule has 0 radical (unpaired) electrons. The van der Waals surface area contributed by atoms with Gasteiger partial charge in [0.15, 0.2) is 0 Å². The molecule has 1 aliphatic heterocycles. The van der Waals surface area contributed by atoms with Gasteiger partial charge in [-0.3, -0.25) is 4.90 Å². The number of piperazine rings is 1. The number of nitrogens with one attached hydrogen (secondary N) is 2. The lowest BCUT2D eigenvalue weighted by Crippen LogP contribution is -2.46. The molecule has 0 spiro atoms. The van der Waals surface area contributed by atoms with Gasteiger partial charge in [0.05, 0.1) is 5.02 Å². The highest BCUT2D eigenvalue weighted by molar-refractivity contribution is 7.89. The van der Waals surface area contributed by atoms with Crippen LogP contribution in [-0.2, 0) is 10.0 Å². The van der Waals surface area contributed by atoms with E-state index in [1.54, 1.807) is 0 Å². The van der Waals surface area contributed by atoms with Crippen molar-refractivity contribution in [3.05, 3.63) is 28.5 Å². The smallest absolute Gasteiger partial charge is 0.242 e. The lowest BCUT2D eigenvalue weighted by atomic mass is 10.2. The molecule has 1 aliphatic rings. The normalized spacial score (nSPS) is 17.1. The number of aryl methyl sites for hydroxylation is 1. The highest BCUT2D eigenvalue weighted by Gasteiger charge is 2.20. The third-order valence-electron chi connectivity index (χ3n) is 3.43. The van der Waals surface area contributed by atoms with Crippen molar-refractivity contribution in [1.29, 1.82) is 0 Å². The zero-order chi connectivity index (χ0) is 15.5. The van der Waals surface area contributed by atoms with Crippen molar-refractivity contribution in [2.45, 2.75) is 11.8 Å². The molecule has 1 aromatic carbocycles. The third kappa shape index (κ3) is 4.37. The van der Waals surface area contributed by atoms with E-state index < -0.39 is 15.8 Å². The second-order valence-corrected chi connectivity index (χ2v) is 7.16. The van der Waals surface area contributed by atoms with Crippen molar-refractivity contribution in [2.24, 2.45) is 0 Å². The monoisotopic (exact) mass is 335 g/mol. The summed E-state index contributed by atoms with van der Waals surface area (Å²) < 4.78 is 40.3. The minimum atomic E-state index is -3.72. The zero-order valence-corrected chi connectivity index (χ0v) is 13.4. The maximum atomic E-state index is 13.3. The highest BCUT2D eigenvalue weighted by Crippen LogP contribution is 2.24. The van der Waals surface area contributed by atoms with E-state index in [2.05, 4.69) is 14.9 Å². The van der Waals surface area contributed by atoms with Crippen molar-refractivity contribution in [1.82, 2.24) is 14.9 Å². The fourth-order valence-corrected chi connectivity index (χ4v) is 3.81. The standard InChI is InChI=1S/C13H19ClFN3O2S/c1-10-8-13(11(14)9-12(10)15)21(19,20)17-4-7-18-5-2-16-3-6-18/h8-9,16-17H,2-7H2,1H3. The van der Waals surface area contributed by atoms with Crippen LogP contribution in [0.1, 0.15) is 5.56 Å². The number of sulfonamides is 1. The first-order valence-corrected chi connectivity index (χ1v) is 8.64. The minimum Gasteiger partial charge on any atom is -0.314 e. The molecule has 0 aliphatic carbocycles. The molecule has 118 valence electrons. The molecule has 21 heavy (non-hydrogen) atoms. The first-order chi connectivity index (χ1) is 9.90. The molecule has 0 saturated carbocycles. The van der Waals surface area contributed by atoms with E-state index in [1.165, 1.54) is 13.0 Å². The second kappa shape index (κ2) is 7.02. The fourth-order valence-electron chi connectivity index (χ4n) is 2.19. The zero-order valence-electron chi connectivity index (χ0n) is 11.8. The van der Waals surface area contributed by atoms with Crippen molar-refractivity contribution in [3.8, 4) is 0 Å². The molecule has 1 saturated heterocycles. The SMILES string of the molecule is Cc1cc(S(=O)(=O)NCCN2CCNCC2)c(Cl)cc1F. The molecular formula is C13H19ClFN3O2S. The molecule has 0 atom stereocenters. The van der Waals surface area contributed by atoms with Gasteiger partial charge in [0, 0.05) is 39.3 Å². The van der Waals surface area contributed by atoms with Crippen molar-refractivity contribution < 1.29 is 12.8 Å². The number of hydrogen-bond donors (Lipinski definition) is 2. The molecule has 8 heteroatoms. The first-order valence-electron chi connectivity index (χ1n) is 6.78. The molecule has 5 nitrogen and oxygen atoms in total. The van der Waals surface area contributed by atoms with Gasteiger partial charge in [-0.15, -0.1) is 0 Å². The topological polar surface area (TPSA) is 61.4 Å². The molecule has 0 amide bonds. The average Bonchev–Trinajstić information content (AvgIpc) is 2.43. The van der Waals surface area contributed by atoms with Gasteiger partial charge in [-0.1, -0.05) is 11.6 Å². The molecule has 2 rings (SSSR count). The molecule has 2 N–H and O–H groups in total. The van der Waals surface area contributed by atoms with Crippen LogP contribution in [-0.4, -0.2) is 52.6 Å². The van der Waals surface area contributed by atoms with E-state index >= 15 is 0 Å². The molecule has 0 aromatic heterocycles. The summed E-state index contributed by atoms with van der Waals surface area (Å²) in [5.74, 6) is -0.514. The maximum absolute atomic E-state index is 13.3. The maximum Gasteiger partial charge on any atom is 0.242 e. The van der Waals surface area contributed by atoms with E-state index in [4.69, 9.17) is 11.6 Å². The number of nitrogens with zero attached hydrogens (tertiary/aromatic N) is 1. The van der Waals surface area contributed by atoms with Crippen LogP contribution in [0.5, 0.6) is 0 Å². The van der Waals surface area contributed by atoms with Crippen LogP contribution in [0, 0.1) is 12.7 Å². The molecular weight excluding hydrogens is 317 g/mol. The summed E-state index contributed by atoms with van der Waals surface area (Å²) in [5, 5.41) is 3.13. The Morgan fingerprint density at radius 2 is 2.05 bits per heavy atom. The molecule has 0 bridgehead atoms. The fraction of sp³-hybridized carbons (Fsp3) is 0.538. The van der Waals surface area contributed by atoms with E-state index in [1.807, 2.05) is 0 Å². The lowest BCUT2D eigenvalue weighted by molar-refractivity contribution is 0.245. The van der Waals surface area contributed by atoms with Crippen molar-refractivity contribution in [2.75, 3.05) is 39.3 Å². The van der Waals surface area contributed by atoms with Crippen LogP contribution in [0.2, 0.25) is 5.02 Å². The number of rotatable bonds is 5. The Hall–Kier alpha value is -0.730. The van der Waals surface area contributed by atoms with E-state index in [0.29, 0.717) is 13.1 Å². The highest BCUT2D eigenvalue weighted by atomic mass is 35.5. The first kappa shape index (κ1) is 16.6. The van der Waals surface area contributed by atoms with Gasteiger partial charge in [-0.25, -0.2) is 17.5 Å². The molecule has 0 unspecified atom stereocenters. The van der Waals surface area contributed by atoms with Gasteiger partial charge in [0.1, 0.15) is 10.7 Å². The van der Waals surface area contributed by atoms with Crippen molar-refractivity contribution >= 4 is 21.6 Å². The van der Waals surface area contributed by atoms with Gasteiger partial charge in [-0.05, 0) is 24.6 Å². The van der Waals surface area contributed by atoms with Crippen LogP contribution in [0.3, 0.4) is 0 Å². The molecule has 1 fully saturated rings. The lowest BCUT2D eigenvalue weighted by Gasteiger charge is -2.27. The van der Waals surface area contributed by atoms with Crippen LogP contribution >= 0.6 is 11.6 Å². The summed E-state index contributed by atoms with van der Waals surface area (Å²) in [6.07, 6.45) is 0. The number of benzene rings is 1. The largest absolute Gasteiger partial charge is 0.314 e. The second-order valence-electron chi connectivity index (χ2n) is 5.02. The number of halogens is 2. The van der Waals surface area contributed by atoms with Gasteiger partial charge >= 0.3 is 0 Å². The summed E-state index contributed by atoms with van der Waals surface area (Å²) in [4.78, 5) is 2.10. The number of hydrogen-bond acceptors (Lipinski definition) is 4. The Bertz CT molecular complexity index is 604. The average molecular weight is 336 g/mol. The summed E-state index contributed by atoms with van der Waals surface area (Å²) in [5.41, 5.74) is 0.252. The Balaban J connectivity index is 1.99. The van der Waals surface area contributed by atoms with Crippen LogP contribution in [0.4, 0.5) is 4.39 Å². The minimum absolute atomic E-state index is 0.0802. The van der Waals surface area contributed by atoms with Gasteiger partial charge < -0.3 is 5.32 Å². The van der Waals surface area contributed by atoms with E-state index in [-0.39, 0.29) is 15.5 Å². The van der Waals surface area contributed by atoms with E-state index in [9.17, 15) is 12.8 Å². The molecule has 1 aromatic rings. The quantitative estimate of drug-likeness (QED) is 0.842. The van der Waals surface area contributed by atoms with Crippen LogP contribution in [0.25, 0.3) is 0 Å². The summed E-state index contributed by atoms with van der Waals surface area (Å²) in [6, 6.07) is 2.28. The third-order valence-corrected chi connectivity index (χ3v) is 5.36. The van der Waals surface area contributed by atoms with Gasteiger partial charge in [0.2, 0.25) is 10.0 Å². The summed E-state index contributed by atoms with van der Waals surface area (Å²) in [6.45, 7) is 6.07. The van der Waals surface area contributed by atoms with Crippen LogP contribution < -0.4 is 10.0 Å². The van der Waals surface area contributed by atoms with Crippen molar-refractivity contribution in [3.63, 3.8) is 0 Å². The Morgan fingerprint density at radius 1 is 1.38 bits per heavy atom. The Labute approximate surface area is 129 Å². The predicted molar refractivity (Wildman–Crippen MR) is 80.6 cm³/mol. The Morgan fingerprint density at radius 3 is 2.71 bits per heavy atom. The van der Waals surface area contributed by atoms with Crippen LogP contribution in [0.15, 0.2) is 17.0 Å².